The Bertz CT molecular complexity index is 1100. The number of unbranched alkanes of at least 4 members (excludes halogenated alkanes) is 1. The van der Waals surface area contributed by atoms with Gasteiger partial charge < -0.3 is 15.2 Å². The molecule has 0 saturated carbocycles. The van der Waals surface area contributed by atoms with E-state index in [0.29, 0.717) is 25.9 Å². The van der Waals surface area contributed by atoms with Crippen molar-refractivity contribution >= 4 is 34.6 Å². The van der Waals surface area contributed by atoms with Gasteiger partial charge in [-0.25, -0.2) is 4.98 Å². The maximum Gasteiger partial charge on any atom is 0.246 e. The van der Waals surface area contributed by atoms with Crippen molar-refractivity contribution in [1.29, 1.82) is 0 Å². The van der Waals surface area contributed by atoms with Crippen LogP contribution in [0.25, 0.3) is 17.1 Å². The number of amides is 2. The van der Waals surface area contributed by atoms with Crippen LogP contribution in [-0.2, 0) is 16.0 Å². The summed E-state index contributed by atoms with van der Waals surface area (Å²) < 4.78 is 0. The molecular formula is C26H30N4O2. The van der Waals surface area contributed by atoms with E-state index in [2.05, 4.69) is 22.2 Å². The molecule has 3 aromatic rings. The van der Waals surface area contributed by atoms with Crippen LogP contribution in [0.3, 0.4) is 0 Å². The third-order valence-electron chi connectivity index (χ3n) is 5.96. The van der Waals surface area contributed by atoms with Crippen LogP contribution in [0.1, 0.15) is 44.0 Å². The number of hydrogen-bond acceptors (Lipinski definition) is 3. The quantitative estimate of drug-likeness (QED) is 0.529. The number of benzene rings is 2. The summed E-state index contributed by atoms with van der Waals surface area (Å²) in [5.41, 5.74) is 3.64. The average Bonchev–Trinajstić information content (AvgIpc) is 3.24. The van der Waals surface area contributed by atoms with Crippen LogP contribution in [0.4, 0.5) is 5.69 Å². The lowest BCUT2D eigenvalue weighted by atomic mass is 9.95. The molecule has 1 fully saturated rings. The van der Waals surface area contributed by atoms with E-state index in [1.807, 2.05) is 59.5 Å². The number of H-pyrrole nitrogens is 1. The number of aryl methyl sites for hydroxylation is 1. The topological polar surface area (TPSA) is 78.1 Å². The second kappa shape index (κ2) is 10.3. The number of aromatic amines is 1. The molecule has 0 spiro atoms. The van der Waals surface area contributed by atoms with E-state index >= 15 is 0 Å². The average molecular weight is 431 g/mol. The molecule has 0 radical (unpaired) electrons. The zero-order valence-electron chi connectivity index (χ0n) is 18.5. The number of hydrogen-bond donors (Lipinski definition) is 2. The summed E-state index contributed by atoms with van der Waals surface area (Å²) in [6.07, 6.45) is 7.96. The van der Waals surface area contributed by atoms with Crippen molar-refractivity contribution in [2.24, 2.45) is 5.92 Å². The first-order chi connectivity index (χ1) is 15.6. The summed E-state index contributed by atoms with van der Waals surface area (Å²) in [7, 11) is 0. The van der Waals surface area contributed by atoms with Crippen molar-refractivity contribution in [3.63, 3.8) is 0 Å². The van der Waals surface area contributed by atoms with Gasteiger partial charge in [0.1, 0.15) is 5.82 Å². The zero-order chi connectivity index (χ0) is 22.3. The Kier molecular flexibility index (Phi) is 7.00. The van der Waals surface area contributed by atoms with Gasteiger partial charge in [-0.2, -0.15) is 0 Å². The van der Waals surface area contributed by atoms with Gasteiger partial charge in [0.05, 0.1) is 11.0 Å². The zero-order valence-corrected chi connectivity index (χ0v) is 18.5. The third kappa shape index (κ3) is 5.44. The Morgan fingerprint density at radius 2 is 1.94 bits per heavy atom. The van der Waals surface area contributed by atoms with E-state index in [0.717, 1.165) is 47.4 Å². The molecule has 0 atom stereocenters. The van der Waals surface area contributed by atoms with Crippen molar-refractivity contribution in [2.45, 2.75) is 39.0 Å². The number of fused-ring (bicyclic) bond motifs is 1. The van der Waals surface area contributed by atoms with Gasteiger partial charge >= 0.3 is 0 Å². The number of likely N-dealkylation sites (tertiary alicyclic amines) is 1. The lowest BCUT2D eigenvalue weighted by molar-refractivity contribution is -0.130. The predicted molar refractivity (Wildman–Crippen MR) is 128 cm³/mol. The molecule has 1 aliphatic heterocycles. The highest BCUT2D eigenvalue weighted by atomic mass is 16.2. The lowest BCUT2D eigenvalue weighted by Crippen LogP contribution is -2.40. The molecule has 1 aromatic heterocycles. The fourth-order valence-corrected chi connectivity index (χ4v) is 4.05. The minimum absolute atomic E-state index is 0.00344. The van der Waals surface area contributed by atoms with Crippen LogP contribution >= 0.6 is 0 Å². The van der Waals surface area contributed by atoms with Crippen molar-refractivity contribution in [3.8, 4) is 0 Å². The Balaban J connectivity index is 1.29. The van der Waals surface area contributed by atoms with Gasteiger partial charge in [0, 0.05) is 37.2 Å². The van der Waals surface area contributed by atoms with E-state index in [1.54, 1.807) is 6.08 Å². The smallest absolute Gasteiger partial charge is 0.246 e. The summed E-state index contributed by atoms with van der Waals surface area (Å²) in [4.78, 5) is 35.0. The van der Waals surface area contributed by atoms with Crippen LogP contribution in [0, 0.1) is 5.92 Å². The van der Waals surface area contributed by atoms with E-state index in [1.165, 1.54) is 0 Å². The van der Waals surface area contributed by atoms with Crippen molar-refractivity contribution in [1.82, 2.24) is 14.9 Å². The number of carbonyl (C=O) groups is 2. The number of piperidine rings is 1. The van der Waals surface area contributed by atoms with Crippen LogP contribution < -0.4 is 5.32 Å². The number of imidazole rings is 1. The Labute approximate surface area is 188 Å². The van der Waals surface area contributed by atoms with Gasteiger partial charge in [0.15, 0.2) is 0 Å². The number of nitrogens with one attached hydrogen (secondary N) is 2. The highest BCUT2D eigenvalue weighted by molar-refractivity contribution is 5.95. The molecule has 2 aromatic carbocycles. The second-order valence-corrected chi connectivity index (χ2v) is 8.35. The highest BCUT2D eigenvalue weighted by Crippen LogP contribution is 2.22. The van der Waals surface area contributed by atoms with E-state index < -0.39 is 0 Å². The number of aromatic nitrogens is 2. The maximum absolute atomic E-state index is 12.8. The van der Waals surface area contributed by atoms with Gasteiger partial charge in [-0.05, 0) is 49.1 Å². The molecule has 0 bridgehead atoms. The van der Waals surface area contributed by atoms with Gasteiger partial charge in [-0.1, -0.05) is 43.7 Å². The molecule has 1 saturated heterocycles. The number of anilines is 1. The van der Waals surface area contributed by atoms with E-state index in [9.17, 15) is 9.59 Å². The third-order valence-corrected chi connectivity index (χ3v) is 5.96. The molecule has 32 heavy (non-hydrogen) atoms. The number of carbonyl (C=O) groups excluding carboxylic acids is 2. The normalized spacial score (nSPS) is 14.8. The van der Waals surface area contributed by atoms with Crippen molar-refractivity contribution in [3.05, 3.63) is 66.0 Å². The summed E-state index contributed by atoms with van der Waals surface area (Å²) in [6.45, 7) is 3.35. The molecule has 1 aliphatic rings. The van der Waals surface area contributed by atoms with Crippen LogP contribution in [-0.4, -0.2) is 39.8 Å². The molecular weight excluding hydrogens is 400 g/mol. The maximum atomic E-state index is 12.8. The molecule has 2 amide bonds. The molecule has 6 nitrogen and oxygen atoms in total. The first kappa shape index (κ1) is 21.8. The fourth-order valence-electron chi connectivity index (χ4n) is 4.05. The second-order valence-electron chi connectivity index (χ2n) is 8.35. The highest BCUT2D eigenvalue weighted by Gasteiger charge is 2.26. The van der Waals surface area contributed by atoms with Gasteiger partial charge in [0.25, 0.3) is 0 Å². The van der Waals surface area contributed by atoms with Gasteiger partial charge in [0.2, 0.25) is 11.8 Å². The summed E-state index contributed by atoms with van der Waals surface area (Å²) >= 11 is 0. The molecule has 6 heteroatoms. The largest absolute Gasteiger partial charge is 0.342 e. The molecule has 0 aliphatic carbocycles. The minimum Gasteiger partial charge on any atom is -0.342 e. The Morgan fingerprint density at radius 1 is 1.16 bits per heavy atom. The summed E-state index contributed by atoms with van der Waals surface area (Å²) in [5, 5.41) is 3.04. The van der Waals surface area contributed by atoms with Gasteiger partial charge in [-0.15, -0.1) is 0 Å². The minimum atomic E-state index is -0.0882. The first-order valence-electron chi connectivity index (χ1n) is 11.4. The number of nitrogens with zero attached hydrogens (tertiary/aromatic N) is 2. The van der Waals surface area contributed by atoms with Crippen molar-refractivity contribution < 1.29 is 9.59 Å². The van der Waals surface area contributed by atoms with Crippen LogP contribution in [0.5, 0.6) is 0 Å². The lowest BCUT2D eigenvalue weighted by Gasteiger charge is -2.30. The van der Waals surface area contributed by atoms with Crippen LogP contribution in [0.15, 0.2) is 54.6 Å². The fraction of sp³-hybridized carbons (Fsp3) is 0.346. The number of rotatable bonds is 7. The standard InChI is InChI=1S/C26H30N4O2/c1-2-3-9-24-28-22-12-11-21(18-23(22)29-24)27-26(32)20-14-16-30(17-15-20)25(31)13-10-19-7-5-4-6-8-19/h4-8,10-13,18,20H,2-3,9,14-17H2,1H3,(H,27,32)(H,28,29)/b13-10+. The van der Waals surface area contributed by atoms with Crippen LogP contribution in [0.2, 0.25) is 0 Å². The predicted octanol–water partition coefficient (Wildman–Crippen LogP) is 4.80. The van der Waals surface area contributed by atoms with E-state index in [4.69, 9.17) is 0 Å². The molecule has 0 unspecified atom stereocenters. The van der Waals surface area contributed by atoms with Gasteiger partial charge in [-0.3, -0.25) is 9.59 Å². The summed E-state index contributed by atoms with van der Waals surface area (Å²) in [6, 6.07) is 15.6. The monoisotopic (exact) mass is 430 g/mol. The Hall–Kier alpha value is -3.41. The molecule has 2 N–H and O–H groups in total. The Morgan fingerprint density at radius 3 is 2.69 bits per heavy atom. The SMILES string of the molecule is CCCCc1nc2ccc(NC(=O)C3CCN(C(=O)/C=C/c4ccccc4)CC3)cc2[nH]1. The van der Waals surface area contributed by atoms with E-state index in [-0.39, 0.29) is 17.7 Å². The molecule has 4 rings (SSSR count). The molecule has 2 heterocycles. The first-order valence-corrected chi connectivity index (χ1v) is 11.4. The summed E-state index contributed by atoms with van der Waals surface area (Å²) in [5.74, 6) is 0.914. The van der Waals surface area contributed by atoms with Crippen molar-refractivity contribution in [2.75, 3.05) is 18.4 Å². The molecule has 166 valence electrons.